The maximum Gasteiger partial charge on any atom is 0.409 e. The van der Waals surface area contributed by atoms with E-state index < -0.39 is 0 Å². The van der Waals surface area contributed by atoms with Gasteiger partial charge in [0.25, 0.3) is 0 Å². The predicted molar refractivity (Wildman–Crippen MR) is 47.3 cm³/mol. The molecule has 1 aliphatic rings. The number of hydrogen-bond acceptors (Lipinski definition) is 2. The molecule has 13 heavy (non-hydrogen) atoms. The Kier molecular flexibility index (Phi) is 1.96. The fourth-order valence-electron chi connectivity index (χ4n) is 1.63. The van der Waals surface area contributed by atoms with Crippen molar-refractivity contribution >= 4 is 6.09 Å². The lowest BCUT2D eigenvalue weighted by molar-refractivity contribution is 0.118. The van der Waals surface area contributed by atoms with Crippen LogP contribution in [0.1, 0.15) is 11.3 Å². The molecule has 0 saturated carbocycles. The molecule has 0 radical (unpaired) electrons. The Balaban J connectivity index is 2.13. The number of amides is 1. The summed E-state index contributed by atoms with van der Waals surface area (Å²) in [6.45, 7) is 1.39. The Morgan fingerprint density at radius 1 is 1.69 bits per heavy atom. The van der Waals surface area contributed by atoms with Crippen LogP contribution in [0.2, 0.25) is 0 Å². The molecule has 0 unspecified atom stereocenters. The van der Waals surface area contributed by atoms with E-state index in [9.17, 15) is 4.79 Å². The second kappa shape index (κ2) is 3.12. The summed E-state index contributed by atoms with van der Waals surface area (Å²) in [6, 6.07) is 2.00. The van der Waals surface area contributed by atoms with Crippen LogP contribution in [0, 0.1) is 0 Å². The van der Waals surface area contributed by atoms with Gasteiger partial charge in [-0.15, -0.1) is 0 Å². The smallest absolute Gasteiger partial charge is 0.409 e. The van der Waals surface area contributed by atoms with Crippen LogP contribution in [0.5, 0.6) is 0 Å². The van der Waals surface area contributed by atoms with E-state index >= 15 is 0 Å². The number of H-pyrrole nitrogens is 1. The van der Waals surface area contributed by atoms with Gasteiger partial charge in [0.15, 0.2) is 0 Å². The van der Waals surface area contributed by atoms with Gasteiger partial charge in [-0.25, -0.2) is 4.79 Å². The summed E-state index contributed by atoms with van der Waals surface area (Å²) in [4.78, 5) is 16.1. The van der Waals surface area contributed by atoms with Crippen molar-refractivity contribution in [3.05, 3.63) is 23.5 Å². The number of ether oxygens (including phenoxy) is 1. The quantitative estimate of drug-likeness (QED) is 0.650. The SMILES string of the molecule is COC(=O)N1CCc2[nH]ccc2C1. The van der Waals surface area contributed by atoms with Gasteiger partial charge in [0.2, 0.25) is 0 Å². The Morgan fingerprint density at radius 3 is 3.31 bits per heavy atom. The van der Waals surface area contributed by atoms with Crippen LogP contribution >= 0.6 is 0 Å². The first-order chi connectivity index (χ1) is 6.31. The van der Waals surface area contributed by atoms with Crippen molar-refractivity contribution in [3.63, 3.8) is 0 Å². The van der Waals surface area contributed by atoms with Crippen LogP contribution in [0.25, 0.3) is 0 Å². The zero-order chi connectivity index (χ0) is 9.26. The maximum atomic E-state index is 11.2. The molecule has 0 aromatic carbocycles. The van der Waals surface area contributed by atoms with Crippen LogP contribution in [-0.2, 0) is 17.7 Å². The van der Waals surface area contributed by atoms with E-state index in [0.29, 0.717) is 6.54 Å². The van der Waals surface area contributed by atoms with Gasteiger partial charge in [0, 0.05) is 24.9 Å². The molecule has 0 saturated heterocycles. The number of aromatic nitrogens is 1. The zero-order valence-corrected chi connectivity index (χ0v) is 7.54. The molecule has 0 spiro atoms. The standard InChI is InChI=1S/C9H12N2O2/c1-13-9(12)11-5-3-8-7(6-11)2-4-10-8/h2,4,10H,3,5-6H2,1H3. The predicted octanol–water partition coefficient (Wildman–Crippen LogP) is 1.14. The van der Waals surface area contributed by atoms with Crippen molar-refractivity contribution in [3.8, 4) is 0 Å². The third kappa shape index (κ3) is 1.39. The lowest BCUT2D eigenvalue weighted by Gasteiger charge is -2.25. The number of fused-ring (bicyclic) bond motifs is 1. The van der Waals surface area contributed by atoms with Gasteiger partial charge in [-0.3, -0.25) is 0 Å². The lowest BCUT2D eigenvalue weighted by atomic mass is 10.1. The van der Waals surface area contributed by atoms with Crippen LogP contribution in [0.15, 0.2) is 12.3 Å². The highest BCUT2D eigenvalue weighted by molar-refractivity contribution is 5.67. The first-order valence-corrected chi connectivity index (χ1v) is 4.29. The number of hydrogen-bond donors (Lipinski definition) is 1. The number of rotatable bonds is 0. The van der Waals surface area contributed by atoms with E-state index in [1.807, 2.05) is 12.3 Å². The molecule has 1 aromatic heterocycles. The van der Waals surface area contributed by atoms with Gasteiger partial charge < -0.3 is 14.6 Å². The summed E-state index contributed by atoms with van der Waals surface area (Å²) >= 11 is 0. The number of methoxy groups -OCH3 is 1. The first-order valence-electron chi connectivity index (χ1n) is 4.29. The second-order valence-corrected chi connectivity index (χ2v) is 3.12. The molecule has 0 fully saturated rings. The average Bonchev–Trinajstić information content (AvgIpc) is 2.63. The Labute approximate surface area is 76.5 Å². The fraction of sp³-hybridized carbons (Fsp3) is 0.444. The molecule has 1 aromatic rings. The molecule has 2 rings (SSSR count). The third-order valence-corrected chi connectivity index (χ3v) is 2.36. The summed E-state index contributed by atoms with van der Waals surface area (Å²) in [5.74, 6) is 0. The fourth-order valence-corrected chi connectivity index (χ4v) is 1.63. The van der Waals surface area contributed by atoms with Crippen LogP contribution < -0.4 is 0 Å². The molecule has 0 aliphatic carbocycles. The Bertz CT molecular complexity index is 319. The number of nitrogens with one attached hydrogen (secondary N) is 1. The molecular weight excluding hydrogens is 168 g/mol. The van der Waals surface area contributed by atoms with Crippen LogP contribution in [-0.4, -0.2) is 29.6 Å². The van der Waals surface area contributed by atoms with E-state index in [-0.39, 0.29) is 6.09 Å². The normalized spacial score (nSPS) is 15.3. The number of nitrogens with zero attached hydrogens (tertiary/aromatic N) is 1. The van der Waals surface area contributed by atoms with E-state index in [1.54, 1.807) is 4.90 Å². The molecule has 0 atom stereocenters. The van der Waals surface area contributed by atoms with Gasteiger partial charge in [-0.05, 0) is 11.6 Å². The summed E-state index contributed by atoms with van der Waals surface area (Å²) in [5.41, 5.74) is 2.43. The molecule has 1 amide bonds. The van der Waals surface area contributed by atoms with Crippen molar-refractivity contribution in [2.45, 2.75) is 13.0 Å². The van der Waals surface area contributed by atoms with Crippen molar-refractivity contribution in [1.29, 1.82) is 0 Å². The summed E-state index contributed by atoms with van der Waals surface area (Å²) in [6.07, 6.45) is 2.55. The van der Waals surface area contributed by atoms with Gasteiger partial charge in [-0.1, -0.05) is 0 Å². The van der Waals surface area contributed by atoms with Crippen molar-refractivity contribution in [2.75, 3.05) is 13.7 Å². The van der Waals surface area contributed by atoms with Crippen molar-refractivity contribution in [2.24, 2.45) is 0 Å². The molecule has 0 bridgehead atoms. The summed E-state index contributed by atoms with van der Waals surface area (Å²) in [5, 5.41) is 0. The van der Waals surface area contributed by atoms with Gasteiger partial charge >= 0.3 is 6.09 Å². The monoisotopic (exact) mass is 180 g/mol. The lowest BCUT2D eigenvalue weighted by Crippen LogP contribution is -2.35. The minimum atomic E-state index is -0.244. The largest absolute Gasteiger partial charge is 0.453 e. The Hall–Kier alpha value is -1.45. The Morgan fingerprint density at radius 2 is 2.54 bits per heavy atom. The van der Waals surface area contributed by atoms with E-state index in [0.717, 1.165) is 13.0 Å². The van der Waals surface area contributed by atoms with Crippen molar-refractivity contribution < 1.29 is 9.53 Å². The van der Waals surface area contributed by atoms with Gasteiger partial charge in [0.05, 0.1) is 13.7 Å². The highest BCUT2D eigenvalue weighted by atomic mass is 16.5. The summed E-state index contributed by atoms with van der Waals surface area (Å²) < 4.78 is 4.66. The van der Waals surface area contributed by atoms with Gasteiger partial charge in [-0.2, -0.15) is 0 Å². The van der Waals surface area contributed by atoms with Crippen molar-refractivity contribution in [1.82, 2.24) is 9.88 Å². The van der Waals surface area contributed by atoms with E-state index in [4.69, 9.17) is 0 Å². The zero-order valence-electron chi connectivity index (χ0n) is 7.54. The number of carbonyl (C=O) groups is 1. The molecule has 1 aliphatic heterocycles. The average molecular weight is 180 g/mol. The molecule has 2 heterocycles. The molecular formula is C9H12N2O2. The third-order valence-electron chi connectivity index (χ3n) is 2.36. The molecule has 1 N–H and O–H groups in total. The van der Waals surface area contributed by atoms with Crippen LogP contribution in [0.4, 0.5) is 4.79 Å². The molecule has 4 nitrogen and oxygen atoms in total. The minimum absolute atomic E-state index is 0.244. The molecule has 4 heteroatoms. The number of aromatic amines is 1. The van der Waals surface area contributed by atoms with Gasteiger partial charge in [0.1, 0.15) is 0 Å². The second-order valence-electron chi connectivity index (χ2n) is 3.12. The van der Waals surface area contributed by atoms with E-state index in [2.05, 4.69) is 9.72 Å². The van der Waals surface area contributed by atoms with E-state index in [1.165, 1.54) is 18.4 Å². The highest BCUT2D eigenvalue weighted by Crippen LogP contribution is 2.17. The first kappa shape index (κ1) is 8.16. The topological polar surface area (TPSA) is 45.3 Å². The van der Waals surface area contributed by atoms with Crippen LogP contribution in [0.3, 0.4) is 0 Å². The number of carbonyl (C=O) groups excluding carboxylic acids is 1. The highest BCUT2D eigenvalue weighted by Gasteiger charge is 2.21. The molecule has 70 valence electrons. The minimum Gasteiger partial charge on any atom is -0.453 e. The maximum absolute atomic E-state index is 11.2. The summed E-state index contributed by atoms with van der Waals surface area (Å²) in [7, 11) is 1.41.